The van der Waals surface area contributed by atoms with Crippen LogP contribution in [0.2, 0.25) is 0 Å². The fraction of sp³-hybridized carbons (Fsp3) is 0. The zero-order valence-corrected chi connectivity index (χ0v) is 30.0. The Bertz CT molecular complexity index is 3510. The molecule has 0 fully saturated rings. The van der Waals surface area contributed by atoms with Crippen LogP contribution in [-0.4, -0.2) is 15.0 Å². The molecule has 0 saturated heterocycles. The molecule has 0 saturated carbocycles. The van der Waals surface area contributed by atoms with Gasteiger partial charge in [0.15, 0.2) is 17.5 Å². The first kappa shape index (κ1) is 30.3. The zero-order valence-electron chi connectivity index (χ0n) is 29.2. The molecule has 4 heterocycles. The molecule has 4 aromatic heterocycles. The lowest BCUT2D eigenvalue weighted by Gasteiger charge is -2.11. The largest absolute Gasteiger partial charge is 0.456 e. The molecule has 12 aromatic rings. The second kappa shape index (κ2) is 11.7. The van der Waals surface area contributed by atoms with Crippen molar-refractivity contribution in [1.29, 1.82) is 0 Å². The van der Waals surface area contributed by atoms with Crippen LogP contribution in [0.15, 0.2) is 173 Å². The van der Waals surface area contributed by atoms with Crippen LogP contribution in [-0.2, 0) is 0 Å². The Morgan fingerprint density at radius 2 is 1.00 bits per heavy atom. The summed E-state index contributed by atoms with van der Waals surface area (Å²) in [5.74, 6) is 1.70. The molecule has 8 aromatic carbocycles. The third kappa shape index (κ3) is 4.62. The Kier molecular flexibility index (Phi) is 6.44. The molecule has 12 rings (SSSR count). The lowest BCUT2D eigenvalue weighted by Crippen LogP contribution is -2.01. The van der Waals surface area contributed by atoms with Crippen LogP contribution in [0.4, 0.5) is 0 Å². The Morgan fingerprint density at radius 3 is 1.91 bits per heavy atom. The molecule has 0 aliphatic heterocycles. The SMILES string of the molecule is c1ccc2c(-c3nc(-c4cccc5c4oc4ccccc45)nc(-c4cccc5oc6cc(-c7cccc8c7sc7ccccc78)ccc6c45)n3)cccc2c1. The van der Waals surface area contributed by atoms with Crippen molar-refractivity contribution < 1.29 is 8.83 Å². The fourth-order valence-electron chi connectivity index (χ4n) is 8.24. The van der Waals surface area contributed by atoms with Gasteiger partial charge in [-0.15, -0.1) is 11.3 Å². The predicted molar refractivity (Wildman–Crippen MR) is 227 cm³/mol. The summed E-state index contributed by atoms with van der Waals surface area (Å²) in [4.78, 5) is 15.7. The highest BCUT2D eigenvalue weighted by Crippen LogP contribution is 2.43. The number of rotatable bonds is 4. The van der Waals surface area contributed by atoms with Gasteiger partial charge in [-0.05, 0) is 58.3 Å². The number of fused-ring (bicyclic) bond motifs is 10. The molecule has 5 nitrogen and oxygen atoms in total. The second-order valence-electron chi connectivity index (χ2n) is 13.9. The molecule has 0 unspecified atom stereocenters. The fourth-order valence-corrected chi connectivity index (χ4v) is 9.47. The predicted octanol–water partition coefficient (Wildman–Crippen LogP) is 13.9. The minimum absolute atomic E-state index is 0.543. The maximum absolute atomic E-state index is 6.64. The monoisotopic (exact) mass is 721 g/mol. The molecule has 0 N–H and O–H groups in total. The summed E-state index contributed by atoms with van der Waals surface area (Å²) in [6.45, 7) is 0. The molecule has 0 spiro atoms. The van der Waals surface area contributed by atoms with Crippen molar-refractivity contribution in [2.75, 3.05) is 0 Å². The third-order valence-electron chi connectivity index (χ3n) is 10.8. The van der Waals surface area contributed by atoms with E-state index in [1.54, 1.807) is 0 Å². The van der Waals surface area contributed by atoms with Gasteiger partial charge in [-0.1, -0.05) is 127 Å². The van der Waals surface area contributed by atoms with Crippen LogP contribution < -0.4 is 0 Å². The normalized spacial score (nSPS) is 12.0. The highest BCUT2D eigenvalue weighted by atomic mass is 32.1. The van der Waals surface area contributed by atoms with Gasteiger partial charge in [-0.25, -0.2) is 15.0 Å². The van der Waals surface area contributed by atoms with Gasteiger partial charge >= 0.3 is 0 Å². The summed E-state index contributed by atoms with van der Waals surface area (Å²) in [7, 11) is 0. The van der Waals surface area contributed by atoms with Crippen molar-refractivity contribution in [1.82, 2.24) is 15.0 Å². The molecule has 0 atom stereocenters. The van der Waals surface area contributed by atoms with Gasteiger partial charge in [0.05, 0.1) is 5.56 Å². The quantitative estimate of drug-likeness (QED) is 0.181. The van der Waals surface area contributed by atoms with Crippen molar-refractivity contribution >= 4 is 86.2 Å². The number of hydrogen-bond donors (Lipinski definition) is 0. The van der Waals surface area contributed by atoms with Gasteiger partial charge in [-0.3, -0.25) is 0 Å². The Labute approximate surface area is 317 Å². The van der Waals surface area contributed by atoms with Crippen LogP contribution in [0.3, 0.4) is 0 Å². The first-order chi connectivity index (χ1) is 27.2. The van der Waals surface area contributed by atoms with Crippen LogP contribution in [0.25, 0.3) is 120 Å². The average Bonchev–Trinajstić information content (AvgIpc) is 3.94. The van der Waals surface area contributed by atoms with Crippen LogP contribution in [0.1, 0.15) is 0 Å². The third-order valence-corrected chi connectivity index (χ3v) is 12.0. The number of para-hydroxylation sites is 2. The van der Waals surface area contributed by atoms with E-state index in [-0.39, 0.29) is 0 Å². The van der Waals surface area contributed by atoms with Crippen LogP contribution >= 0.6 is 11.3 Å². The van der Waals surface area contributed by atoms with E-state index in [1.165, 1.54) is 25.7 Å². The minimum atomic E-state index is 0.543. The summed E-state index contributed by atoms with van der Waals surface area (Å²) in [5.41, 5.74) is 8.09. The maximum Gasteiger partial charge on any atom is 0.167 e. The van der Waals surface area contributed by atoms with Crippen molar-refractivity contribution in [3.63, 3.8) is 0 Å². The molecule has 0 bridgehead atoms. The molecular formula is C49H27N3O2S. The molecule has 0 aliphatic rings. The molecule has 6 heteroatoms. The molecular weight excluding hydrogens is 695 g/mol. The van der Waals surface area contributed by atoms with Crippen molar-refractivity contribution in [3.8, 4) is 45.3 Å². The standard InChI is InChI=1S/C49H27N3O2S/c1-2-13-30-28(11-1)12-7-19-36(30)47-50-48(52-49(51-47)39-21-9-17-34-32-14-3-5-22-40(32)54-45(34)39)38-20-10-23-41-44(38)37-26-25-29(27-42(37)53-41)31-16-8-18-35-33-15-4-6-24-43(33)55-46(31)35/h1-27H. The number of aromatic nitrogens is 3. The van der Waals surface area contributed by atoms with E-state index in [9.17, 15) is 0 Å². The van der Waals surface area contributed by atoms with Gasteiger partial charge in [0.1, 0.15) is 22.3 Å². The maximum atomic E-state index is 6.64. The summed E-state index contributed by atoms with van der Waals surface area (Å²) in [5, 5.41) is 8.80. The number of benzene rings is 8. The lowest BCUT2D eigenvalue weighted by molar-refractivity contribution is 0.668. The Morgan fingerprint density at radius 1 is 0.382 bits per heavy atom. The summed E-state index contributed by atoms with van der Waals surface area (Å²) < 4.78 is 15.7. The summed E-state index contributed by atoms with van der Waals surface area (Å²) >= 11 is 1.83. The highest BCUT2D eigenvalue weighted by Gasteiger charge is 2.21. The van der Waals surface area contributed by atoms with Crippen LogP contribution in [0, 0.1) is 0 Å². The highest BCUT2D eigenvalue weighted by molar-refractivity contribution is 7.26. The van der Waals surface area contributed by atoms with E-state index < -0.39 is 0 Å². The van der Waals surface area contributed by atoms with E-state index >= 15 is 0 Å². The van der Waals surface area contributed by atoms with E-state index in [0.29, 0.717) is 17.5 Å². The molecule has 0 amide bonds. The Balaban J connectivity index is 1.09. The number of furan rings is 2. The molecule has 256 valence electrons. The Hall–Kier alpha value is -7.15. The molecule has 55 heavy (non-hydrogen) atoms. The van der Waals surface area contributed by atoms with Crippen molar-refractivity contribution in [2.24, 2.45) is 0 Å². The van der Waals surface area contributed by atoms with E-state index in [1.807, 2.05) is 53.8 Å². The summed E-state index contributed by atoms with van der Waals surface area (Å²) in [6.07, 6.45) is 0. The van der Waals surface area contributed by atoms with Gasteiger partial charge in [0.25, 0.3) is 0 Å². The average molecular weight is 722 g/mol. The number of hydrogen-bond acceptors (Lipinski definition) is 6. The van der Waals surface area contributed by atoms with Gasteiger partial charge < -0.3 is 8.83 Å². The molecule has 0 aliphatic carbocycles. The molecule has 0 radical (unpaired) electrons. The van der Waals surface area contributed by atoms with Crippen molar-refractivity contribution in [2.45, 2.75) is 0 Å². The van der Waals surface area contributed by atoms with E-state index in [0.717, 1.165) is 76.9 Å². The lowest BCUT2D eigenvalue weighted by atomic mass is 10.00. The number of nitrogens with zero attached hydrogens (tertiary/aromatic N) is 3. The number of thiophene rings is 1. The first-order valence-corrected chi connectivity index (χ1v) is 19.1. The van der Waals surface area contributed by atoms with Gasteiger partial charge in [0, 0.05) is 52.8 Å². The van der Waals surface area contributed by atoms with E-state index in [2.05, 4.69) is 121 Å². The topological polar surface area (TPSA) is 65.0 Å². The van der Waals surface area contributed by atoms with E-state index in [4.69, 9.17) is 23.8 Å². The zero-order chi connectivity index (χ0) is 36.0. The van der Waals surface area contributed by atoms with Gasteiger partial charge in [0.2, 0.25) is 0 Å². The summed E-state index contributed by atoms with van der Waals surface area (Å²) in [6, 6.07) is 56.7. The van der Waals surface area contributed by atoms with Crippen LogP contribution in [0.5, 0.6) is 0 Å². The minimum Gasteiger partial charge on any atom is -0.456 e. The van der Waals surface area contributed by atoms with Crippen molar-refractivity contribution in [3.05, 3.63) is 164 Å². The second-order valence-corrected chi connectivity index (χ2v) is 14.9. The van der Waals surface area contributed by atoms with Gasteiger partial charge in [-0.2, -0.15) is 0 Å². The first-order valence-electron chi connectivity index (χ1n) is 18.3. The smallest absolute Gasteiger partial charge is 0.167 e.